The van der Waals surface area contributed by atoms with Gasteiger partial charge >= 0.3 is 0 Å². The number of benzene rings is 1. The molecule has 2 fully saturated rings. The fourth-order valence-corrected chi connectivity index (χ4v) is 5.44. The van der Waals surface area contributed by atoms with Crippen molar-refractivity contribution in [3.8, 4) is 12.3 Å². The van der Waals surface area contributed by atoms with Crippen molar-refractivity contribution in [1.82, 2.24) is 15.2 Å². The van der Waals surface area contributed by atoms with Gasteiger partial charge in [0, 0.05) is 36.2 Å². The minimum atomic E-state index is -0.972. The van der Waals surface area contributed by atoms with Crippen molar-refractivity contribution in [2.45, 2.75) is 82.8 Å². The van der Waals surface area contributed by atoms with Gasteiger partial charge in [0.1, 0.15) is 12.1 Å². The Hall–Kier alpha value is -3.91. The minimum Gasteiger partial charge on any atom is -0.351 e. The Morgan fingerprint density at radius 3 is 2.39 bits per heavy atom. The molecule has 1 aliphatic carbocycles. The summed E-state index contributed by atoms with van der Waals surface area (Å²) in [4.78, 5) is 35.4. The molecule has 2 aliphatic rings. The Labute approximate surface area is 225 Å². The molecule has 1 unspecified atom stereocenters. The smallest absolute Gasteiger partial charge is 0.251 e. The molecular formula is C30H36N6O2. The quantitative estimate of drug-likeness (QED) is 0.566. The Bertz CT molecular complexity index is 1200. The average Bonchev–Trinajstić information content (AvgIpc) is 3.36. The number of rotatable bonds is 6. The van der Waals surface area contributed by atoms with E-state index in [0.29, 0.717) is 11.3 Å². The summed E-state index contributed by atoms with van der Waals surface area (Å²) in [5, 5.41) is 22.5. The summed E-state index contributed by atoms with van der Waals surface area (Å²) in [6, 6.07) is 11.7. The molecule has 2 heterocycles. The van der Waals surface area contributed by atoms with Gasteiger partial charge in [-0.2, -0.15) is 10.5 Å². The number of anilines is 1. The van der Waals surface area contributed by atoms with Gasteiger partial charge in [0.25, 0.3) is 5.91 Å². The van der Waals surface area contributed by atoms with Crippen molar-refractivity contribution in [3.05, 3.63) is 59.9 Å². The first-order valence-electron chi connectivity index (χ1n) is 13.4. The molecule has 0 radical (unpaired) electrons. The molecule has 0 spiro atoms. The summed E-state index contributed by atoms with van der Waals surface area (Å²) in [5.41, 5.74) is 2.17. The maximum absolute atomic E-state index is 14.3. The van der Waals surface area contributed by atoms with Crippen molar-refractivity contribution in [1.29, 1.82) is 10.5 Å². The van der Waals surface area contributed by atoms with E-state index in [4.69, 9.17) is 0 Å². The Kier molecular flexibility index (Phi) is 8.32. The van der Waals surface area contributed by atoms with E-state index in [2.05, 4.69) is 43.3 Å². The fraction of sp³-hybridized carbons (Fsp3) is 0.500. The summed E-state index contributed by atoms with van der Waals surface area (Å²) in [5.74, 6) is -1.07. The first-order valence-corrected chi connectivity index (χ1v) is 13.4. The van der Waals surface area contributed by atoms with Gasteiger partial charge < -0.3 is 5.32 Å². The molecule has 198 valence electrons. The average molecular weight is 513 g/mol. The second-order valence-corrected chi connectivity index (χ2v) is 11.4. The lowest BCUT2D eigenvalue weighted by atomic mass is 9.87. The highest BCUT2D eigenvalue weighted by Gasteiger charge is 2.43. The van der Waals surface area contributed by atoms with Crippen LogP contribution in [0, 0.1) is 28.7 Å². The van der Waals surface area contributed by atoms with Crippen LogP contribution in [-0.4, -0.2) is 40.3 Å². The van der Waals surface area contributed by atoms with E-state index in [1.807, 2.05) is 24.3 Å². The van der Waals surface area contributed by atoms with Crippen molar-refractivity contribution in [3.63, 3.8) is 0 Å². The maximum Gasteiger partial charge on any atom is 0.251 e. The van der Waals surface area contributed by atoms with Gasteiger partial charge in [-0.3, -0.25) is 24.4 Å². The van der Waals surface area contributed by atoms with Crippen molar-refractivity contribution >= 4 is 17.5 Å². The van der Waals surface area contributed by atoms with Crippen LogP contribution >= 0.6 is 0 Å². The minimum absolute atomic E-state index is 0.0562. The monoisotopic (exact) mass is 512 g/mol. The van der Waals surface area contributed by atoms with Gasteiger partial charge in [-0.1, -0.05) is 58.2 Å². The number of hydrogen-bond donors (Lipinski definition) is 1. The van der Waals surface area contributed by atoms with Crippen LogP contribution in [0.3, 0.4) is 0 Å². The third-order valence-electron chi connectivity index (χ3n) is 7.60. The first-order chi connectivity index (χ1) is 18.2. The second-order valence-electron chi connectivity index (χ2n) is 11.4. The van der Waals surface area contributed by atoms with E-state index in [1.54, 1.807) is 24.5 Å². The second kappa shape index (κ2) is 11.6. The standard InChI is InChI=1S/C30H36N6O2/c1-30(2,3)23-11-13-25(14-12-23)36(29(38)26-16-21(17-31)19-35(26)20-32)27(22-8-7-15-33-18-22)28(37)34-24-9-5-4-6-10-24/h7-8,11-15,18,21,24,26-27H,4-6,9-10,16,19H2,1-3H3,(H,34,37)/t21-,26-,27?/m1/s1. The molecule has 1 saturated heterocycles. The van der Waals surface area contributed by atoms with Crippen molar-refractivity contribution in [2.24, 2.45) is 5.92 Å². The molecule has 1 N–H and O–H groups in total. The first kappa shape index (κ1) is 27.1. The normalized spacial score (nSPS) is 20.7. The summed E-state index contributed by atoms with van der Waals surface area (Å²) in [6.07, 6.45) is 10.7. The topological polar surface area (TPSA) is 113 Å². The number of nitrogens with one attached hydrogen (secondary N) is 1. The van der Waals surface area contributed by atoms with Gasteiger partial charge in [0.2, 0.25) is 5.91 Å². The van der Waals surface area contributed by atoms with E-state index in [0.717, 1.165) is 37.7 Å². The molecule has 3 atom stereocenters. The predicted molar refractivity (Wildman–Crippen MR) is 144 cm³/mol. The molecule has 2 aromatic rings. The number of carbonyl (C=O) groups is 2. The van der Waals surface area contributed by atoms with Crippen LogP contribution in [0.15, 0.2) is 48.8 Å². The highest BCUT2D eigenvalue weighted by atomic mass is 16.2. The zero-order chi connectivity index (χ0) is 27.3. The molecule has 4 rings (SSSR count). The molecule has 38 heavy (non-hydrogen) atoms. The van der Waals surface area contributed by atoms with E-state index in [-0.39, 0.29) is 36.2 Å². The highest BCUT2D eigenvalue weighted by Crippen LogP contribution is 2.34. The molecular weight excluding hydrogens is 476 g/mol. The summed E-state index contributed by atoms with van der Waals surface area (Å²) < 4.78 is 0. The summed E-state index contributed by atoms with van der Waals surface area (Å²) in [7, 11) is 0. The van der Waals surface area contributed by atoms with Crippen LogP contribution < -0.4 is 10.2 Å². The Morgan fingerprint density at radius 2 is 1.82 bits per heavy atom. The van der Waals surface area contributed by atoms with Crippen LogP contribution in [0.25, 0.3) is 0 Å². The molecule has 1 aromatic heterocycles. The van der Waals surface area contributed by atoms with Gasteiger partial charge in [0.15, 0.2) is 6.19 Å². The van der Waals surface area contributed by atoms with Crippen LogP contribution in [0.4, 0.5) is 5.69 Å². The third-order valence-corrected chi connectivity index (χ3v) is 7.60. The molecule has 1 aliphatic heterocycles. The van der Waals surface area contributed by atoms with E-state index in [1.165, 1.54) is 9.80 Å². The summed E-state index contributed by atoms with van der Waals surface area (Å²) in [6.45, 7) is 6.55. The number of amides is 2. The lowest BCUT2D eigenvalue weighted by Gasteiger charge is -2.35. The van der Waals surface area contributed by atoms with Gasteiger partial charge in [-0.05, 0) is 48.4 Å². The van der Waals surface area contributed by atoms with E-state index >= 15 is 0 Å². The van der Waals surface area contributed by atoms with Gasteiger partial charge in [-0.15, -0.1) is 0 Å². The number of nitriles is 2. The molecule has 1 saturated carbocycles. The molecule has 8 nitrogen and oxygen atoms in total. The number of aromatic nitrogens is 1. The zero-order valence-corrected chi connectivity index (χ0v) is 22.4. The molecule has 1 aromatic carbocycles. The predicted octanol–water partition coefficient (Wildman–Crippen LogP) is 4.60. The van der Waals surface area contributed by atoms with Crippen molar-refractivity contribution in [2.75, 3.05) is 11.4 Å². The van der Waals surface area contributed by atoms with Crippen LogP contribution in [0.5, 0.6) is 0 Å². The van der Waals surface area contributed by atoms with Crippen LogP contribution in [0.1, 0.15) is 76.5 Å². The Balaban J connectivity index is 1.79. The molecule has 0 bridgehead atoms. The largest absolute Gasteiger partial charge is 0.351 e. The number of likely N-dealkylation sites (tertiary alicyclic amines) is 1. The Morgan fingerprint density at radius 1 is 1.11 bits per heavy atom. The number of nitrogens with zero attached hydrogens (tertiary/aromatic N) is 5. The van der Waals surface area contributed by atoms with Gasteiger partial charge in [-0.25, -0.2) is 0 Å². The summed E-state index contributed by atoms with van der Waals surface area (Å²) >= 11 is 0. The van der Waals surface area contributed by atoms with E-state index in [9.17, 15) is 20.1 Å². The van der Waals surface area contributed by atoms with Crippen molar-refractivity contribution < 1.29 is 9.59 Å². The fourth-order valence-electron chi connectivity index (χ4n) is 5.44. The molecule has 8 heteroatoms. The van der Waals surface area contributed by atoms with Crippen LogP contribution in [0.2, 0.25) is 0 Å². The highest BCUT2D eigenvalue weighted by molar-refractivity contribution is 6.04. The van der Waals surface area contributed by atoms with E-state index < -0.39 is 18.0 Å². The van der Waals surface area contributed by atoms with Gasteiger partial charge in [0.05, 0.1) is 12.0 Å². The van der Waals surface area contributed by atoms with Crippen LogP contribution in [-0.2, 0) is 15.0 Å². The lowest BCUT2D eigenvalue weighted by Crippen LogP contribution is -2.51. The zero-order valence-electron chi connectivity index (χ0n) is 22.4. The maximum atomic E-state index is 14.3. The number of hydrogen-bond acceptors (Lipinski definition) is 6. The number of carbonyl (C=O) groups excluding carboxylic acids is 2. The number of pyridine rings is 1. The SMILES string of the molecule is CC(C)(C)c1ccc(N(C(=O)[C@H]2C[C@H](C#N)CN2C#N)C(C(=O)NC2CCCCC2)c2cccnc2)cc1. The molecule has 2 amide bonds. The lowest BCUT2D eigenvalue weighted by molar-refractivity contribution is -0.128. The third kappa shape index (κ3) is 5.97.